The number of benzene rings is 1. The average Bonchev–Trinajstić information content (AvgIpc) is 2.84. The molecule has 1 N–H and O–H groups in total. The van der Waals surface area contributed by atoms with Gasteiger partial charge in [-0.25, -0.2) is 0 Å². The minimum atomic E-state index is 0.131. The van der Waals surface area contributed by atoms with Gasteiger partial charge >= 0.3 is 0 Å². The molecule has 6 heteroatoms. The zero-order chi connectivity index (χ0) is 15.4. The Morgan fingerprint density at radius 2 is 2.10 bits per heavy atom. The van der Waals surface area contributed by atoms with Gasteiger partial charge in [-0.1, -0.05) is 22.9 Å². The van der Waals surface area contributed by atoms with Crippen LogP contribution in [0.4, 0.5) is 0 Å². The van der Waals surface area contributed by atoms with E-state index < -0.39 is 0 Å². The van der Waals surface area contributed by atoms with Crippen molar-refractivity contribution in [2.75, 3.05) is 6.54 Å². The maximum Gasteiger partial charge on any atom is 0.0770 e. The molecular weight excluding hydrogens is 509 g/mol. The summed E-state index contributed by atoms with van der Waals surface area (Å²) in [5.41, 5.74) is 2.45. The van der Waals surface area contributed by atoms with Crippen molar-refractivity contribution in [3.63, 3.8) is 0 Å². The van der Waals surface area contributed by atoms with E-state index in [4.69, 9.17) is 0 Å². The van der Waals surface area contributed by atoms with E-state index in [1.54, 1.807) is 0 Å². The second kappa shape index (κ2) is 8.08. The van der Waals surface area contributed by atoms with Crippen LogP contribution in [0.25, 0.3) is 0 Å². The van der Waals surface area contributed by atoms with E-state index in [1.165, 1.54) is 14.8 Å². The molecule has 0 saturated carbocycles. The molecule has 1 unspecified atom stereocenters. The van der Waals surface area contributed by atoms with Crippen LogP contribution in [0.15, 0.2) is 33.3 Å². The molecule has 2 aromatic rings. The van der Waals surface area contributed by atoms with Crippen LogP contribution < -0.4 is 5.32 Å². The lowest BCUT2D eigenvalue weighted by atomic mass is 10.0. The molecule has 0 aliphatic rings. The molecule has 21 heavy (non-hydrogen) atoms. The fraction of sp³-hybridized carbons (Fsp3) is 0.400. The second-order valence-corrected chi connectivity index (χ2v) is 7.68. The Kier molecular flexibility index (Phi) is 6.71. The Morgan fingerprint density at radius 1 is 1.33 bits per heavy atom. The van der Waals surface area contributed by atoms with Crippen LogP contribution in [0.2, 0.25) is 0 Å². The van der Waals surface area contributed by atoms with Crippen LogP contribution in [0.1, 0.15) is 37.6 Å². The number of rotatable bonds is 6. The maximum atomic E-state index is 4.46. The van der Waals surface area contributed by atoms with E-state index in [2.05, 4.69) is 96.9 Å². The molecule has 114 valence electrons. The smallest absolute Gasteiger partial charge is 0.0770 e. The van der Waals surface area contributed by atoms with Crippen molar-refractivity contribution in [1.29, 1.82) is 0 Å². The molecule has 1 aromatic heterocycles. The molecule has 3 nitrogen and oxygen atoms in total. The molecule has 1 atom stereocenters. The number of nitrogens with one attached hydrogen (secondary N) is 1. The first kappa shape index (κ1) is 17.4. The van der Waals surface area contributed by atoms with Crippen LogP contribution in [-0.4, -0.2) is 16.3 Å². The molecule has 0 fully saturated rings. The van der Waals surface area contributed by atoms with E-state index in [0.29, 0.717) is 0 Å². The molecule has 0 spiro atoms. The van der Waals surface area contributed by atoms with Crippen molar-refractivity contribution in [3.8, 4) is 0 Å². The van der Waals surface area contributed by atoms with Crippen molar-refractivity contribution in [2.45, 2.75) is 32.9 Å². The topological polar surface area (TPSA) is 29.9 Å². The molecule has 0 amide bonds. The summed E-state index contributed by atoms with van der Waals surface area (Å²) in [6, 6.07) is 6.54. The largest absolute Gasteiger partial charge is 0.305 e. The lowest BCUT2D eigenvalue weighted by Gasteiger charge is -2.22. The fourth-order valence-corrected chi connectivity index (χ4v) is 3.84. The van der Waals surface area contributed by atoms with Crippen LogP contribution in [0, 0.1) is 3.57 Å². The van der Waals surface area contributed by atoms with Gasteiger partial charge in [0.1, 0.15) is 0 Å². The number of nitrogens with zero attached hydrogens (tertiary/aromatic N) is 2. The number of hydrogen-bond acceptors (Lipinski definition) is 2. The Morgan fingerprint density at radius 3 is 2.76 bits per heavy atom. The van der Waals surface area contributed by atoms with Crippen molar-refractivity contribution in [1.82, 2.24) is 15.1 Å². The summed E-state index contributed by atoms with van der Waals surface area (Å²) in [4.78, 5) is 0. The van der Waals surface area contributed by atoms with Gasteiger partial charge in [0.15, 0.2) is 0 Å². The zero-order valence-corrected chi connectivity index (χ0v) is 17.4. The highest BCUT2D eigenvalue weighted by Gasteiger charge is 2.23. The van der Waals surface area contributed by atoms with E-state index >= 15 is 0 Å². The van der Waals surface area contributed by atoms with Crippen LogP contribution in [-0.2, 0) is 6.54 Å². The SMILES string of the molecule is CCCNC(c1cc(Br)ccc1I)c1c(Br)cnn1CC. The molecule has 1 heterocycles. The highest BCUT2D eigenvalue weighted by molar-refractivity contribution is 14.1. The van der Waals surface area contributed by atoms with Gasteiger partial charge in [0.05, 0.1) is 22.4 Å². The molecule has 0 aliphatic carbocycles. The van der Waals surface area contributed by atoms with Gasteiger partial charge < -0.3 is 5.32 Å². The van der Waals surface area contributed by atoms with E-state index in [0.717, 1.165) is 28.5 Å². The molecule has 0 saturated heterocycles. The molecule has 2 rings (SSSR count). The normalized spacial score (nSPS) is 12.6. The third-order valence-corrected chi connectivity index (χ3v) is 5.36. The highest BCUT2D eigenvalue weighted by atomic mass is 127. The fourth-order valence-electron chi connectivity index (χ4n) is 2.29. The third-order valence-electron chi connectivity index (χ3n) is 3.27. The average molecular weight is 527 g/mol. The van der Waals surface area contributed by atoms with Gasteiger partial charge in [-0.2, -0.15) is 5.10 Å². The number of hydrogen-bond donors (Lipinski definition) is 1. The number of aryl methyl sites for hydroxylation is 1. The monoisotopic (exact) mass is 525 g/mol. The van der Waals surface area contributed by atoms with Gasteiger partial charge in [-0.3, -0.25) is 4.68 Å². The summed E-state index contributed by atoms with van der Waals surface area (Å²) in [7, 11) is 0. The Hall–Kier alpha value is 0.0800. The molecular formula is C15H18Br2IN3. The highest BCUT2D eigenvalue weighted by Crippen LogP contribution is 2.32. The Labute approximate surface area is 156 Å². The van der Waals surface area contributed by atoms with Crippen LogP contribution in [0.3, 0.4) is 0 Å². The first-order valence-electron chi connectivity index (χ1n) is 6.98. The summed E-state index contributed by atoms with van der Waals surface area (Å²) in [5.74, 6) is 0. The van der Waals surface area contributed by atoms with Gasteiger partial charge in [0, 0.05) is 14.6 Å². The van der Waals surface area contributed by atoms with Gasteiger partial charge in [0.25, 0.3) is 0 Å². The van der Waals surface area contributed by atoms with Crippen molar-refractivity contribution in [3.05, 3.63) is 48.2 Å². The summed E-state index contributed by atoms with van der Waals surface area (Å²) in [6.45, 7) is 6.12. The van der Waals surface area contributed by atoms with Crippen molar-refractivity contribution in [2.24, 2.45) is 0 Å². The first-order valence-corrected chi connectivity index (χ1v) is 9.64. The van der Waals surface area contributed by atoms with Gasteiger partial charge in [-0.05, 0) is 82.2 Å². The predicted octanol–water partition coefficient (Wildman–Crippen LogP) is 5.12. The summed E-state index contributed by atoms with van der Waals surface area (Å²) >= 11 is 9.64. The van der Waals surface area contributed by atoms with Crippen LogP contribution in [0.5, 0.6) is 0 Å². The van der Waals surface area contributed by atoms with Crippen molar-refractivity contribution >= 4 is 54.5 Å². The van der Waals surface area contributed by atoms with Gasteiger partial charge in [-0.15, -0.1) is 0 Å². The molecule has 1 aromatic carbocycles. The summed E-state index contributed by atoms with van der Waals surface area (Å²) < 4.78 is 5.45. The Bertz CT molecular complexity index is 613. The molecule has 0 bridgehead atoms. The van der Waals surface area contributed by atoms with Gasteiger partial charge in [0.2, 0.25) is 0 Å². The predicted molar refractivity (Wildman–Crippen MR) is 103 cm³/mol. The zero-order valence-electron chi connectivity index (χ0n) is 12.0. The van der Waals surface area contributed by atoms with Crippen molar-refractivity contribution < 1.29 is 0 Å². The minimum Gasteiger partial charge on any atom is -0.305 e. The van der Waals surface area contributed by atoms with Crippen LogP contribution >= 0.6 is 54.5 Å². The Balaban J connectivity index is 2.52. The molecule has 0 aliphatic heterocycles. The first-order chi connectivity index (χ1) is 10.1. The second-order valence-electron chi connectivity index (χ2n) is 4.75. The maximum absolute atomic E-state index is 4.46. The lowest BCUT2D eigenvalue weighted by molar-refractivity contribution is 0.527. The number of aromatic nitrogens is 2. The minimum absolute atomic E-state index is 0.131. The third kappa shape index (κ3) is 4.09. The quantitative estimate of drug-likeness (QED) is 0.529. The molecule has 0 radical (unpaired) electrons. The van der Waals surface area contributed by atoms with E-state index in [9.17, 15) is 0 Å². The summed E-state index contributed by atoms with van der Waals surface area (Å²) in [6.07, 6.45) is 2.98. The lowest BCUT2D eigenvalue weighted by Crippen LogP contribution is -2.27. The van der Waals surface area contributed by atoms with E-state index in [-0.39, 0.29) is 6.04 Å². The number of halogens is 3. The van der Waals surface area contributed by atoms with E-state index in [1.807, 2.05) is 10.9 Å². The standard InChI is InChI=1S/C15H18Br2IN3/c1-3-7-19-14(11-8-10(16)5-6-13(11)18)15-12(17)9-20-21(15)4-2/h5-6,8-9,14,19H,3-4,7H2,1-2H3. The summed E-state index contributed by atoms with van der Waals surface area (Å²) in [5, 5.41) is 8.11.